The van der Waals surface area contributed by atoms with E-state index in [9.17, 15) is 9.59 Å². The third-order valence-corrected chi connectivity index (χ3v) is 5.46. The van der Waals surface area contributed by atoms with E-state index in [0.29, 0.717) is 24.0 Å². The molecule has 0 atom stereocenters. The van der Waals surface area contributed by atoms with Crippen molar-refractivity contribution < 1.29 is 33.3 Å². The highest BCUT2D eigenvalue weighted by Gasteiger charge is 2.20. The number of carbonyl (C=O) groups excluding carboxylic acids is 2. The van der Waals surface area contributed by atoms with Crippen molar-refractivity contribution in [3.63, 3.8) is 0 Å². The molecule has 2 aromatic carbocycles. The fourth-order valence-corrected chi connectivity index (χ4v) is 3.59. The molecule has 0 fully saturated rings. The highest BCUT2D eigenvalue weighted by Crippen LogP contribution is 2.41. The van der Waals surface area contributed by atoms with Crippen LogP contribution < -0.4 is 14.2 Å². The molecule has 0 N–H and O–H groups in total. The van der Waals surface area contributed by atoms with Gasteiger partial charge in [0.05, 0.1) is 20.3 Å². The van der Waals surface area contributed by atoms with Crippen molar-refractivity contribution in [3.8, 4) is 17.2 Å². The number of unbranched alkanes of at least 4 members (excludes halogenated alkanes) is 8. The Bertz CT molecular complexity index is 894. The van der Waals surface area contributed by atoms with Crippen LogP contribution in [0.15, 0.2) is 30.3 Å². The van der Waals surface area contributed by atoms with Gasteiger partial charge in [0, 0.05) is 16.8 Å². The highest BCUT2D eigenvalue weighted by molar-refractivity contribution is 5.97. The van der Waals surface area contributed by atoms with Crippen molar-refractivity contribution in [3.05, 3.63) is 30.3 Å². The van der Waals surface area contributed by atoms with Gasteiger partial charge in [0.25, 0.3) is 0 Å². The summed E-state index contributed by atoms with van der Waals surface area (Å²) < 4.78 is 26.8. The number of ether oxygens (including phenoxy) is 5. The molecule has 0 aromatic heterocycles. The van der Waals surface area contributed by atoms with Crippen LogP contribution in [-0.2, 0) is 9.47 Å². The van der Waals surface area contributed by atoms with E-state index in [1.165, 1.54) is 26.0 Å². The van der Waals surface area contributed by atoms with Gasteiger partial charge in [0.1, 0.15) is 5.75 Å². The molecule has 0 bridgehead atoms. The standard InChI is InChI=1S/C27H38O7/c1-4-6-8-10-14-18-31-26(28)33-23-20-24(30-3)25(22-17-13-12-16-21(22)23)34-27(29)32-19-15-11-9-7-5-2/h12-13,16-17,20H,4-11,14-15,18-19H2,1-3H3. The van der Waals surface area contributed by atoms with Crippen molar-refractivity contribution in [1.29, 1.82) is 0 Å². The number of hydrogen-bond acceptors (Lipinski definition) is 7. The summed E-state index contributed by atoms with van der Waals surface area (Å²) in [5.41, 5.74) is 0. The predicted molar refractivity (Wildman–Crippen MR) is 132 cm³/mol. The maximum Gasteiger partial charge on any atom is 0.513 e. The van der Waals surface area contributed by atoms with Crippen LogP contribution in [-0.4, -0.2) is 32.6 Å². The Morgan fingerprint density at radius 3 is 1.76 bits per heavy atom. The lowest BCUT2D eigenvalue weighted by Crippen LogP contribution is -2.14. The third-order valence-electron chi connectivity index (χ3n) is 5.46. The van der Waals surface area contributed by atoms with E-state index in [-0.39, 0.29) is 17.2 Å². The van der Waals surface area contributed by atoms with Gasteiger partial charge in [-0.3, -0.25) is 0 Å². The Hall–Kier alpha value is -2.96. The summed E-state index contributed by atoms with van der Waals surface area (Å²) in [5.74, 6) is 0.728. The van der Waals surface area contributed by atoms with E-state index in [1.807, 2.05) is 0 Å². The second-order valence-electron chi connectivity index (χ2n) is 8.18. The molecule has 0 spiro atoms. The summed E-state index contributed by atoms with van der Waals surface area (Å²) in [7, 11) is 1.45. The lowest BCUT2D eigenvalue weighted by atomic mass is 10.1. The Morgan fingerprint density at radius 2 is 1.21 bits per heavy atom. The minimum Gasteiger partial charge on any atom is -0.493 e. The fourth-order valence-electron chi connectivity index (χ4n) is 3.59. The first-order valence-corrected chi connectivity index (χ1v) is 12.4. The van der Waals surface area contributed by atoms with Crippen molar-refractivity contribution in [1.82, 2.24) is 0 Å². The monoisotopic (exact) mass is 474 g/mol. The van der Waals surface area contributed by atoms with Gasteiger partial charge in [-0.15, -0.1) is 0 Å². The molecule has 2 aromatic rings. The quantitative estimate of drug-likeness (QED) is 0.148. The van der Waals surface area contributed by atoms with Crippen LogP contribution >= 0.6 is 0 Å². The predicted octanol–water partition coefficient (Wildman–Crippen LogP) is 7.82. The third kappa shape index (κ3) is 9.12. The average molecular weight is 475 g/mol. The maximum absolute atomic E-state index is 12.3. The first-order chi connectivity index (χ1) is 16.6. The van der Waals surface area contributed by atoms with E-state index in [4.69, 9.17) is 23.7 Å². The smallest absolute Gasteiger partial charge is 0.493 e. The number of fused-ring (bicyclic) bond motifs is 1. The molecule has 0 saturated carbocycles. The zero-order valence-corrected chi connectivity index (χ0v) is 20.7. The molecule has 7 nitrogen and oxygen atoms in total. The molecule has 0 aliphatic carbocycles. The number of benzene rings is 2. The van der Waals surface area contributed by atoms with Gasteiger partial charge in [-0.25, -0.2) is 9.59 Å². The molecule has 0 heterocycles. The Labute approximate surface area is 202 Å². The van der Waals surface area contributed by atoms with Gasteiger partial charge in [-0.05, 0) is 12.8 Å². The summed E-state index contributed by atoms with van der Waals surface area (Å²) >= 11 is 0. The van der Waals surface area contributed by atoms with E-state index in [2.05, 4.69) is 13.8 Å². The van der Waals surface area contributed by atoms with Crippen LogP contribution in [0.4, 0.5) is 9.59 Å². The van der Waals surface area contributed by atoms with E-state index < -0.39 is 12.3 Å². The number of hydrogen-bond donors (Lipinski definition) is 0. The molecule has 188 valence electrons. The number of carbonyl (C=O) groups is 2. The number of rotatable bonds is 15. The van der Waals surface area contributed by atoms with Crippen LogP contribution in [0.1, 0.15) is 78.1 Å². The van der Waals surface area contributed by atoms with Crippen LogP contribution in [0.25, 0.3) is 10.8 Å². The second-order valence-corrected chi connectivity index (χ2v) is 8.18. The summed E-state index contributed by atoms with van der Waals surface area (Å²) in [6.07, 6.45) is 8.95. The minimum atomic E-state index is -0.796. The van der Waals surface area contributed by atoms with Crippen LogP contribution in [0.3, 0.4) is 0 Å². The van der Waals surface area contributed by atoms with Crippen LogP contribution in [0.5, 0.6) is 17.2 Å². The summed E-state index contributed by atoms with van der Waals surface area (Å²) in [5, 5.41) is 1.15. The number of methoxy groups -OCH3 is 1. The molecule has 2 rings (SSSR count). The van der Waals surface area contributed by atoms with Gasteiger partial charge in [0.2, 0.25) is 0 Å². The molecular weight excluding hydrogens is 436 g/mol. The molecular formula is C27H38O7. The Balaban J connectivity index is 2.03. The zero-order chi connectivity index (χ0) is 24.6. The molecule has 0 aliphatic rings. The Morgan fingerprint density at radius 1 is 0.676 bits per heavy atom. The summed E-state index contributed by atoms with van der Waals surface area (Å²) in [6, 6.07) is 8.65. The molecule has 7 heteroatoms. The van der Waals surface area contributed by atoms with Crippen molar-refractivity contribution in [2.75, 3.05) is 20.3 Å². The first kappa shape index (κ1) is 27.3. The van der Waals surface area contributed by atoms with Crippen LogP contribution in [0, 0.1) is 0 Å². The van der Waals surface area contributed by atoms with Crippen molar-refractivity contribution in [2.24, 2.45) is 0 Å². The topological polar surface area (TPSA) is 80.3 Å². The maximum atomic E-state index is 12.3. The first-order valence-electron chi connectivity index (χ1n) is 12.4. The average Bonchev–Trinajstić information content (AvgIpc) is 2.84. The molecule has 0 unspecified atom stereocenters. The van der Waals surface area contributed by atoms with Crippen LogP contribution in [0.2, 0.25) is 0 Å². The van der Waals surface area contributed by atoms with Gasteiger partial charge in [-0.2, -0.15) is 0 Å². The van der Waals surface area contributed by atoms with E-state index in [0.717, 1.165) is 51.4 Å². The highest BCUT2D eigenvalue weighted by atomic mass is 16.7. The van der Waals surface area contributed by atoms with Gasteiger partial charge in [0.15, 0.2) is 11.5 Å². The normalized spacial score (nSPS) is 10.7. The van der Waals surface area contributed by atoms with Gasteiger partial charge < -0.3 is 23.7 Å². The second kappa shape index (κ2) is 15.8. The van der Waals surface area contributed by atoms with Gasteiger partial charge in [-0.1, -0.05) is 89.5 Å². The molecule has 0 saturated heterocycles. The van der Waals surface area contributed by atoms with E-state index >= 15 is 0 Å². The minimum absolute atomic E-state index is 0.214. The Kier molecular flexibility index (Phi) is 12.7. The SMILES string of the molecule is CCCCCCCOC(=O)Oc1cc(OC)c(OC(=O)OCCCCCCC)c2ccccc12. The lowest BCUT2D eigenvalue weighted by Gasteiger charge is -2.15. The summed E-state index contributed by atoms with van der Waals surface area (Å²) in [4.78, 5) is 24.5. The largest absolute Gasteiger partial charge is 0.513 e. The van der Waals surface area contributed by atoms with E-state index in [1.54, 1.807) is 24.3 Å². The van der Waals surface area contributed by atoms with Crippen molar-refractivity contribution >= 4 is 23.1 Å². The summed E-state index contributed by atoms with van der Waals surface area (Å²) in [6.45, 7) is 4.92. The van der Waals surface area contributed by atoms with Crippen molar-refractivity contribution in [2.45, 2.75) is 78.1 Å². The zero-order valence-electron chi connectivity index (χ0n) is 20.7. The lowest BCUT2D eigenvalue weighted by molar-refractivity contribution is 0.0949. The fraction of sp³-hybridized carbons (Fsp3) is 0.556. The molecule has 34 heavy (non-hydrogen) atoms. The molecule has 0 radical (unpaired) electrons. The molecule has 0 aliphatic heterocycles. The van der Waals surface area contributed by atoms with Gasteiger partial charge >= 0.3 is 12.3 Å². The molecule has 0 amide bonds.